The normalized spacial score (nSPS) is 16.1. The van der Waals surface area contributed by atoms with E-state index in [9.17, 15) is 8.42 Å². The van der Waals surface area contributed by atoms with E-state index in [1.165, 1.54) is 0 Å². The van der Waals surface area contributed by atoms with Gasteiger partial charge in [-0.15, -0.1) is 4.40 Å². The van der Waals surface area contributed by atoms with Crippen LogP contribution in [0.25, 0.3) is 4.91 Å². The first-order valence-electron chi connectivity index (χ1n) is 8.16. The van der Waals surface area contributed by atoms with Gasteiger partial charge in [-0.25, -0.2) is 0 Å². The molecule has 0 atom stereocenters. The first-order chi connectivity index (χ1) is 11.7. The molecule has 2 aromatic carbocycles. The minimum atomic E-state index is -3.70. The van der Waals surface area contributed by atoms with Gasteiger partial charge in [0.2, 0.25) is 0 Å². The topological polar surface area (TPSA) is 58.5 Å². The second-order valence-electron chi connectivity index (χ2n) is 6.67. The molecule has 0 radical (unpaired) electrons. The lowest BCUT2D eigenvalue weighted by molar-refractivity contribution is 0.608. The van der Waals surface area contributed by atoms with Crippen molar-refractivity contribution >= 4 is 26.5 Å². The van der Waals surface area contributed by atoms with Gasteiger partial charge in [0.05, 0.1) is 0 Å². The molecule has 0 fully saturated rings. The van der Waals surface area contributed by atoms with E-state index in [0.717, 1.165) is 27.9 Å². The van der Waals surface area contributed by atoms with Crippen LogP contribution in [-0.2, 0) is 10.0 Å². The molecule has 0 amide bonds. The molecule has 0 aromatic heterocycles. The van der Waals surface area contributed by atoms with Crippen LogP contribution in [0.4, 0.5) is 5.69 Å². The summed E-state index contributed by atoms with van der Waals surface area (Å²) >= 11 is 0. The fraction of sp³-hybridized carbons (Fsp3) is 0.250. The average molecular weight is 354 g/mol. The van der Waals surface area contributed by atoms with Crippen molar-refractivity contribution in [1.29, 1.82) is 0 Å². The van der Waals surface area contributed by atoms with Gasteiger partial charge < -0.3 is 5.32 Å². The SMILES string of the molecule is CC1=C(c2ccc(C)c(C)c2)S(=O)(=O)N=C1Nc1cc(C)cc(C)c1. The maximum atomic E-state index is 12.6. The second kappa shape index (κ2) is 6.15. The van der Waals surface area contributed by atoms with Crippen LogP contribution in [0.3, 0.4) is 0 Å². The highest BCUT2D eigenvalue weighted by molar-refractivity contribution is 8.00. The predicted octanol–water partition coefficient (Wildman–Crippen LogP) is 4.51. The predicted molar refractivity (Wildman–Crippen MR) is 104 cm³/mol. The van der Waals surface area contributed by atoms with E-state index in [1.807, 2.05) is 58.0 Å². The highest BCUT2D eigenvalue weighted by atomic mass is 32.2. The molecule has 1 N–H and O–H groups in total. The first-order valence-corrected chi connectivity index (χ1v) is 9.60. The van der Waals surface area contributed by atoms with Gasteiger partial charge in [-0.1, -0.05) is 24.3 Å². The van der Waals surface area contributed by atoms with Crippen molar-refractivity contribution in [2.45, 2.75) is 34.6 Å². The van der Waals surface area contributed by atoms with Crippen LogP contribution in [0.5, 0.6) is 0 Å². The van der Waals surface area contributed by atoms with Crippen LogP contribution < -0.4 is 5.32 Å². The summed E-state index contributed by atoms with van der Waals surface area (Å²) < 4.78 is 29.2. The molecule has 130 valence electrons. The Morgan fingerprint density at radius 1 is 0.840 bits per heavy atom. The standard InChI is InChI=1S/C20H22N2O2S/c1-12-8-13(2)10-18(9-12)21-20-16(5)19(25(23,24)22-20)17-7-6-14(3)15(4)11-17/h6-11H,1-5H3,(H,21,22). The van der Waals surface area contributed by atoms with Crippen molar-refractivity contribution in [3.8, 4) is 0 Å². The Morgan fingerprint density at radius 3 is 2.08 bits per heavy atom. The third kappa shape index (κ3) is 3.37. The minimum Gasteiger partial charge on any atom is -0.339 e. The molecule has 4 nitrogen and oxygen atoms in total. The highest BCUT2D eigenvalue weighted by Crippen LogP contribution is 2.33. The van der Waals surface area contributed by atoms with E-state index < -0.39 is 10.0 Å². The fourth-order valence-corrected chi connectivity index (χ4v) is 4.51. The number of amidine groups is 1. The number of anilines is 1. The third-order valence-electron chi connectivity index (χ3n) is 4.42. The van der Waals surface area contributed by atoms with Crippen molar-refractivity contribution in [3.63, 3.8) is 0 Å². The summed E-state index contributed by atoms with van der Waals surface area (Å²) in [6, 6.07) is 11.7. The van der Waals surface area contributed by atoms with Gasteiger partial charge in [0, 0.05) is 11.3 Å². The summed E-state index contributed by atoms with van der Waals surface area (Å²) in [4.78, 5) is 0.280. The van der Waals surface area contributed by atoms with Crippen LogP contribution in [-0.4, -0.2) is 14.3 Å². The van der Waals surface area contributed by atoms with Gasteiger partial charge in [0.25, 0.3) is 10.0 Å². The van der Waals surface area contributed by atoms with E-state index in [2.05, 4.69) is 15.8 Å². The number of nitrogens with one attached hydrogen (secondary N) is 1. The molecule has 0 saturated carbocycles. The number of aryl methyl sites for hydroxylation is 4. The lowest BCUT2D eigenvalue weighted by Gasteiger charge is -2.09. The highest BCUT2D eigenvalue weighted by Gasteiger charge is 2.31. The number of benzene rings is 2. The fourth-order valence-electron chi connectivity index (χ4n) is 3.08. The minimum absolute atomic E-state index is 0.280. The summed E-state index contributed by atoms with van der Waals surface area (Å²) in [5.74, 6) is 0.387. The van der Waals surface area contributed by atoms with Crippen molar-refractivity contribution in [3.05, 3.63) is 69.8 Å². The van der Waals surface area contributed by atoms with Gasteiger partial charge in [0.15, 0.2) is 0 Å². The molecule has 5 heteroatoms. The summed E-state index contributed by atoms with van der Waals surface area (Å²) in [6.45, 7) is 9.80. The van der Waals surface area contributed by atoms with Crippen molar-refractivity contribution in [2.75, 3.05) is 5.32 Å². The van der Waals surface area contributed by atoms with Gasteiger partial charge >= 0.3 is 0 Å². The zero-order valence-electron chi connectivity index (χ0n) is 15.1. The van der Waals surface area contributed by atoms with Crippen molar-refractivity contribution in [1.82, 2.24) is 0 Å². The average Bonchev–Trinajstić information content (AvgIpc) is 2.70. The van der Waals surface area contributed by atoms with Gasteiger partial charge in [0.1, 0.15) is 10.7 Å². The van der Waals surface area contributed by atoms with Crippen LogP contribution in [0, 0.1) is 27.7 Å². The Morgan fingerprint density at radius 2 is 1.48 bits per heavy atom. The largest absolute Gasteiger partial charge is 0.339 e. The second-order valence-corrected chi connectivity index (χ2v) is 8.21. The molecule has 0 saturated heterocycles. The monoisotopic (exact) mass is 354 g/mol. The van der Waals surface area contributed by atoms with Gasteiger partial charge in [-0.3, -0.25) is 0 Å². The maximum absolute atomic E-state index is 12.6. The Hall–Kier alpha value is -2.40. The summed E-state index contributed by atoms with van der Waals surface area (Å²) in [6.07, 6.45) is 0. The lowest BCUT2D eigenvalue weighted by atomic mass is 10.0. The van der Waals surface area contributed by atoms with Crippen LogP contribution in [0.15, 0.2) is 46.4 Å². The zero-order valence-corrected chi connectivity index (χ0v) is 16.0. The number of hydrogen-bond acceptors (Lipinski definition) is 3. The van der Waals surface area contributed by atoms with Crippen molar-refractivity contribution < 1.29 is 8.42 Å². The molecule has 0 spiro atoms. The molecule has 0 bridgehead atoms. The van der Waals surface area contributed by atoms with E-state index in [-0.39, 0.29) is 4.91 Å². The van der Waals surface area contributed by atoms with Crippen LogP contribution in [0.2, 0.25) is 0 Å². The Balaban J connectivity index is 2.04. The molecule has 3 rings (SSSR count). The van der Waals surface area contributed by atoms with Crippen LogP contribution in [0.1, 0.15) is 34.7 Å². The molecule has 25 heavy (non-hydrogen) atoms. The molecule has 0 unspecified atom stereocenters. The Kier molecular flexibility index (Phi) is 4.29. The molecule has 1 aliphatic heterocycles. The number of nitrogens with zero attached hydrogens (tertiary/aromatic N) is 1. The Labute approximate surface area is 149 Å². The van der Waals surface area contributed by atoms with Crippen LogP contribution >= 0.6 is 0 Å². The van der Waals surface area contributed by atoms with E-state index in [0.29, 0.717) is 17.0 Å². The van der Waals surface area contributed by atoms with Crippen molar-refractivity contribution in [2.24, 2.45) is 4.40 Å². The first kappa shape index (κ1) is 17.4. The number of rotatable bonds is 2. The molecular formula is C20H22N2O2S. The quantitative estimate of drug-likeness (QED) is 0.863. The lowest BCUT2D eigenvalue weighted by Crippen LogP contribution is -2.11. The number of hydrogen-bond donors (Lipinski definition) is 1. The number of sulfonamides is 1. The van der Waals surface area contributed by atoms with E-state index in [1.54, 1.807) is 6.92 Å². The summed E-state index contributed by atoms with van der Waals surface area (Å²) in [7, 11) is -3.70. The van der Waals surface area contributed by atoms with Gasteiger partial charge in [-0.05, 0) is 74.6 Å². The zero-order chi connectivity index (χ0) is 18.4. The maximum Gasteiger partial charge on any atom is 0.285 e. The Bertz CT molecular complexity index is 1010. The van der Waals surface area contributed by atoms with E-state index in [4.69, 9.17) is 0 Å². The summed E-state index contributed by atoms with van der Waals surface area (Å²) in [5.41, 5.74) is 6.58. The molecule has 0 aliphatic carbocycles. The summed E-state index contributed by atoms with van der Waals surface area (Å²) in [5, 5.41) is 3.17. The van der Waals surface area contributed by atoms with Gasteiger partial charge in [-0.2, -0.15) is 8.42 Å². The third-order valence-corrected chi connectivity index (χ3v) is 5.90. The smallest absolute Gasteiger partial charge is 0.285 e. The molecular weight excluding hydrogens is 332 g/mol. The molecule has 1 aliphatic rings. The molecule has 2 aromatic rings. The molecule has 1 heterocycles. The van der Waals surface area contributed by atoms with E-state index >= 15 is 0 Å².